The molecule has 0 unspecified atom stereocenters. The van der Waals surface area contributed by atoms with Gasteiger partial charge in [-0.3, -0.25) is 4.79 Å². The van der Waals surface area contributed by atoms with E-state index < -0.39 is 5.91 Å². The number of nitrogens with zero attached hydrogens (tertiary/aromatic N) is 1. The van der Waals surface area contributed by atoms with E-state index in [1.807, 2.05) is 54.6 Å². The Labute approximate surface area is 227 Å². The molecule has 0 aliphatic heterocycles. The van der Waals surface area contributed by atoms with Crippen LogP contribution in [0.4, 0.5) is 0 Å². The lowest BCUT2D eigenvalue weighted by atomic mass is 10.2. The fourth-order valence-corrected chi connectivity index (χ4v) is 3.54. The normalized spacial score (nSPS) is 10.6. The molecule has 0 aromatic heterocycles. The summed E-state index contributed by atoms with van der Waals surface area (Å²) >= 11 is 0. The second-order valence-corrected chi connectivity index (χ2v) is 8.37. The van der Waals surface area contributed by atoms with E-state index in [0.717, 1.165) is 16.9 Å². The third-order valence-electron chi connectivity index (χ3n) is 5.58. The van der Waals surface area contributed by atoms with Crippen molar-refractivity contribution in [3.05, 3.63) is 114 Å². The van der Waals surface area contributed by atoms with E-state index in [1.165, 1.54) is 6.21 Å². The molecule has 0 aliphatic carbocycles. The summed E-state index contributed by atoms with van der Waals surface area (Å²) in [7, 11) is 3.20. The molecule has 0 fully saturated rings. The third-order valence-corrected chi connectivity index (χ3v) is 5.58. The lowest BCUT2D eigenvalue weighted by Gasteiger charge is -2.11. The second-order valence-electron chi connectivity index (χ2n) is 8.37. The largest absolute Gasteiger partial charge is 0.497 e. The molecular weight excluding hydrogens is 496 g/mol. The van der Waals surface area contributed by atoms with E-state index in [-0.39, 0.29) is 6.61 Å². The minimum Gasteiger partial charge on any atom is -0.497 e. The molecule has 4 rings (SSSR count). The van der Waals surface area contributed by atoms with Gasteiger partial charge in [0.1, 0.15) is 42.0 Å². The lowest BCUT2D eigenvalue weighted by molar-refractivity contribution is -0.123. The molecule has 4 aromatic carbocycles. The highest BCUT2D eigenvalue weighted by Crippen LogP contribution is 2.24. The molecule has 8 nitrogen and oxygen atoms in total. The van der Waals surface area contributed by atoms with Gasteiger partial charge in [0.05, 0.1) is 20.4 Å². The van der Waals surface area contributed by atoms with Crippen molar-refractivity contribution in [1.29, 1.82) is 0 Å². The van der Waals surface area contributed by atoms with E-state index in [4.69, 9.17) is 23.7 Å². The fraction of sp³-hybridized carbons (Fsp3) is 0.161. The fourth-order valence-electron chi connectivity index (χ4n) is 3.54. The zero-order valence-corrected chi connectivity index (χ0v) is 21.8. The van der Waals surface area contributed by atoms with Crippen LogP contribution in [0.5, 0.6) is 28.7 Å². The number of methoxy groups -OCH3 is 2. The van der Waals surface area contributed by atoms with Crippen LogP contribution in [-0.2, 0) is 18.0 Å². The first-order valence-electron chi connectivity index (χ1n) is 12.3. The van der Waals surface area contributed by atoms with Crippen molar-refractivity contribution in [1.82, 2.24) is 5.43 Å². The highest BCUT2D eigenvalue weighted by atomic mass is 16.5. The van der Waals surface area contributed by atoms with Gasteiger partial charge in [-0.2, -0.15) is 5.10 Å². The molecule has 1 amide bonds. The number of benzene rings is 4. The lowest BCUT2D eigenvalue weighted by Crippen LogP contribution is -2.24. The number of hydrogen-bond donors (Lipinski definition) is 1. The van der Waals surface area contributed by atoms with Gasteiger partial charge in [0.2, 0.25) is 0 Å². The summed E-state index contributed by atoms with van der Waals surface area (Å²) in [6.45, 7) is 0.613. The van der Waals surface area contributed by atoms with Crippen molar-refractivity contribution < 1.29 is 28.5 Å². The van der Waals surface area contributed by atoms with Gasteiger partial charge in [-0.1, -0.05) is 42.5 Å². The minimum absolute atomic E-state index is 0.196. The van der Waals surface area contributed by atoms with Gasteiger partial charge in [0, 0.05) is 5.56 Å². The van der Waals surface area contributed by atoms with Gasteiger partial charge >= 0.3 is 0 Å². The summed E-state index contributed by atoms with van der Waals surface area (Å²) in [6, 6.07) is 30.0. The third kappa shape index (κ3) is 8.53. The van der Waals surface area contributed by atoms with Crippen LogP contribution in [0, 0.1) is 0 Å². The van der Waals surface area contributed by atoms with Gasteiger partial charge in [-0.25, -0.2) is 5.43 Å². The molecule has 0 radical (unpaired) electrons. The van der Waals surface area contributed by atoms with E-state index >= 15 is 0 Å². The molecule has 0 spiro atoms. The molecule has 0 aliphatic rings. The van der Waals surface area contributed by atoms with E-state index in [9.17, 15) is 4.79 Å². The minimum atomic E-state index is -0.405. The maximum atomic E-state index is 12.3. The molecule has 39 heavy (non-hydrogen) atoms. The maximum Gasteiger partial charge on any atom is 0.277 e. The molecular formula is C31H30N2O6. The highest BCUT2D eigenvalue weighted by Gasteiger charge is 2.07. The van der Waals surface area contributed by atoms with Gasteiger partial charge in [0.25, 0.3) is 5.91 Å². The zero-order chi connectivity index (χ0) is 27.3. The quantitative estimate of drug-likeness (QED) is 0.186. The van der Waals surface area contributed by atoms with Gasteiger partial charge in [0.15, 0.2) is 6.61 Å². The van der Waals surface area contributed by atoms with Crippen molar-refractivity contribution >= 4 is 12.1 Å². The number of carbonyl (C=O) groups excluding carboxylic acids is 1. The Balaban J connectivity index is 1.27. The summed E-state index contributed by atoms with van der Waals surface area (Å²) in [4.78, 5) is 12.3. The molecule has 200 valence electrons. The van der Waals surface area contributed by atoms with Crippen LogP contribution >= 0.6 is 0 Å². The molecule has 8 heteroatoms. The molecule has 1 N–H and O–H groups in total. The van der Waals surface area contributed by atoms with Crippen molar-refractivity contribution in [2.24, 2.45) is 5.10 Å². The topological polar surface area (TPSA) is 87.6 Å². The Kier molecular flexibility index (Phi) is 9.78. The second kappa shape index (κ2) is 14.1. The Morgan fingerprint density at radius 3 is 2.08 bits per heavy atom. The number of ether oxygens (including phenoxy) is 5. The van der Waals surface area contributed by atoms with Crippen LogP contribution < -0.4 is 29.1 Å². The first-order chi connectivity index (χ1) is 19.1. The van der Waals surface area contributed by atoms with Crippen LogP contribution in [-0.4, -0.2) is 32.9 Å². The van der Waals surface area contributed by atoms with E-state index in [2.05, 4.69) is 10.5 Å². The Bertz CT molecular complexity index is 1370. The molecule has 0 saturated carbocycles. The van der Waals surface area contributed by atoms with Gasteiger partial charge in [-0.15, -0.1) is 0 Å². The Morgan fingerprint density at radius 1 is 0.692 bits per heavy atom. The number of amides is 1. The smallest absolute Gasteiger partial charge is 0.277 e. The molecule has 0 saturated heterocycles. The highest BCUT2D eigenvalue weighted by molar-refractivity contribution is 5.86. The summed E-state index contributed by atoms with van der Waals surface area (Å²) in [5.41, 5.74) is 5.15. The average Bonchev–Trinajstić information content (AvgIpc) is 2.99. The zero-order valence-electron chi connectivity index (χ0n) is 21.8. The van der Waals surface area contributed by atoms with Crippen LogP contribution in [0.15, 0.2) is 102 Å². The van der Waals surface area contributed by atoms with Crippen LogP contribution in [0.3, 0.4) is 0 Å². The van der Waals surface area contributed by atoms with Crippen LogP contribution in [0.25, 0.3) is 0 Å². The SMILES string of the molecule is COc1cccc(COc2ccc(OC)cc2C=NNC(=O)COc2ccc(OCc3ccccc3)cc2)c1. The van der Waals surface area contributed by atoms with Crippen molar-refractivity contribution in [2.75, 3.05) is 20.8 Å². The monoisotopic (exact) mass is 526 g/mol. The number of rotatable bonds is 13. The molecule has 4 aromatic rings. The van der Waals surface area contributed by atoms with E-state index in [0.29, 0.717) is 41.8 Å². The Morgan fingerprint density at radius 2 is 1.33 bits per heavy atom. The summed E-state index contributed by atoms with van der Waals surface area (Å²) in [5, 5.41) is 4.06. The number of hydrogen-bond acceptors (Lipinski definition) is 7. The van der Waals surface area contributed by atoms with Crippen molar-refractivity contribution in [3.8, 4) is 28.7 Å². The maximum absolute atomic E-state index is 12.3. The predicted octanol–water partition coefficient (Wildman–Crippen LogP) is 5.39. The number of carbonyl (C=O) groups is 1. The predicted molar refractivity (Wildman–Crippen MR) is 149 cm³/mol. The first kappa shape index (κ1) is 27.1. The summed E-state index contributed by atoms with van der Waals surface area (Å²) in [5.74, 6) is 2.82. The standard InChI is InChI=1S/C31H30N2O6/c1-35-28-10-6-9-24(17-28)21-39-30-16-15-29(36-2)18-25(30)19-32-33-31(34)22-38-27-13-11-26(12-14-27)37-20-23-7-4-3-5-8-23/h3-19H,20-22H2,1-2H3,(H,33,34). The van der Waals surface area contributed by atoms with Crippen LogP contribution in [0.2, 0.25) is 0 Å². The van der Waals surface area contributed by atoms with Crippen LogP contribution in [0.1, 0.15) is 16.7 Å². The average molecular weight is 527 g/mol. The van der Waals surface area contributed by atoms with Crippen molar-refractivity contribution in [3.63, 3.8) is 0 Å². The summed E-state index contributed by atoms with van der Waals surface area (Å²) < 4.78 is 27.9. The molecule has 0 atom stereocenters. The Hall–Kier alpha value is -4.98. The van der Waals surface area contributed by atoms with Gasteiger partial charge < -0.3 is 23.7 Å². The molecule has 0 heterocycles. The number of nitrogens with one attached hydrogen (secondary N) is 1. The molecule has 0 bridgehead atoms. The van der Waals surface area contributed by atoms with Crippen molar-refractivity contribution in [2.45, 2.75) is 13.2 Å². The summed E-state index contributed by atoms with van der Waals surface area (Å²) in [6.07, 6.45) is 1.50. The van der Waals surface area contributed by atoms with E-state index in [1.54, 1.807) is 56.7 Å². The van der Waals surface area contributed by atoms with Gasteiger partial charge in [-0.05, 0) is 65.7 Å². The number of hydrazone groups is 1. The first-order valence-corrected chi connectivity index (χ1v) is 12.3.